The quantitative estimate of drug-likeness (QED) is 0.227. The standard InChI is InChI=1S/C31H33N5O7S/c37-28(30-34-24-11-4-5-12-27(24)43-30)25(14-13-22-8-2-1-3-9-22)33-29(38)26(35-31(39)36-16-18-42-19-17-36)21-44(40,41)20-23-10-6-7-15-32-23/h1-12,15,25-26H,13-14,16-21H2,(H,33,38)(H,35,39)/t25-,26-/m0/s1. The number of rotatable bonds is 12. The van der Waals surface area contributed by atoms with E-state index >= 15 is 0 Å². The molecule has 3 amide bonds. The molecule has 44 heavy (non-hydrogen) atoms. The molecule has 0 saturated carbocycles. The van der Waals surface area contributed by atoms with Gasteiger partial charge in [0, 0.05) is 19.3 Å². The SMILES string of the molecule is O=C(N[C@@H](CCc1ccccc1)C(=O)c1nc2ccccc2o1)[C@H](CS(=O)(=O)Cc1ccccn1)NC(=O)N1CCOCC1. The van der Waals surface area contributed by atoms with Crippen LogP contribution in [0.3, 0.4) is 0 Å². The van der Waals surface area contributed by atoms with Crippen molar-refractivity contribution in [2.24, 2.45) is 0 Å². The van der Waals surface area contributed by atoms with Gasteiger partial charge in [-0.3, -0.25) is 14.6 Å². The highest BCUT2D eigenvalue weighted by atomic mass is 32.2. The third-order valence-electron chi connectivity index (χ3n) is 7.13. The van der Waals surface area contributed by atoms with Crippen molar-refractivity contribution >= 4 is 38.7 Å². The number of pyridine rings is 1. The molecule has 0 bridgehead atoms. The lowest BCUT2D eigenvalue weighted by Crippen LogP contribution is -2.57. The van der Waals surface area contributed by atoms with Gasteiger partial charge in [-0.25, -0.2) is 18.2 Å². The number of fused-ring (bicyclic) bond motifs is 1. The van der Waals surface area contributed by atoms with Gasteiger partial charge in [-0.2, -0.15) is 0 Å². The summed E-state index contributed by atoms with van der Waals surface area (Å²) in [6.45, 7) is 1.22. The third kappa shape index (κ3) is 8.26. The zero-order valence-electron chi connectivity index (χ0n) is 23.9. The van der Waals surface area contributed by atoms with Gasteiger partial charge >= 0.3 is 6.03 Å². The maximum absolute atomic E-state index is 13.8. The molecule has 1 fully saturated rings. The lowest BCUT2D eigenvalue weighted by atomic mass is 10.0. The Morgan fingerprint density at radius 1 is 0.886 bits per heavy atom. The topological polar surface area (TPSA) is 161 Å². The number of sulfone groups is 1. The second-order valence-corrected chi connectivity index (χ2v) is 12.5. The van der Waals surface area contributed by atoms with Crippen LogP contribution in [0, 0.1) is 0 Å². The summed E-state index contributed by atoms with van der Waals surface area (Å²) in [5.41, 5.74) is 2.14. The summed E-state index contributed by atoms with van der Waals surface area (Å²) in [6.07, 6.45) is 2.09. The second kappa shape index (κ2) is 14.2. The molecular formula is C31H33N5O7S. The molecule has 2 aromatic heterocycles. The maximum atomic E-state index is 13.8. The number of oxazole rings is 1. The van der Waals surface area contributed by atoms with Crippen LogP contribution in [0.15, 0.2) is 83.4 Å². The van der Waals surface area contributed by atoms with E-state index in [4.69, 9.17) is 9.15 Å². The number of urea groups is 1. The first kappa shape index (κ1) is 30.8. The van der Waals surface area contributed by atoms with Crippen LogP contribution >= 0.6 is 0 Å². The smallest absolute Gasteiger partial charge is 0.318 e. The Labute approximate surface area is 254 Å². The molecule has 0 radical (unpaired) electrons. The molecule has 5 rings (SSSR count). The highest BCUT2D eigenvalue weighted by Crippen LogP contribution is 2.18. The Kier molecular flexibility index (Phi) is 9.97. The summed E-state index contributed by atoms with van der Waals surface area (Å²) in [7, 11) is -3.93. The average Bonchev–Trinajstić information content (AvgIpc) is 3.48. The van der Waals surface area contributed by atoms with Gasteiger partial charge in [-0.1, -0.05) is 48.5 Å². The molecule has 0 unspecified atom stereocenters. The Morgan fingerprint density at radius 3 is 2.34 bits per heavy atom. The minimum Gasteiger partial charge on any atom is -0.434 e. The van der Waals surface area contributed by atoms with Gasteiger partial charge in [0.15, 0.2) is 15.4 Å². The van der Waals surface area contributed by atoms with Gasteiger partial charge in [0.05, 0.1) is 36.5 Å². The first-order chi connectivity index (χ1) is 21.3. The van der Waals surface area contributed by atoms with Crippen LogP contribution in [0.2, 0.25) is 0 Å². The van der Waals surface area contributed by atoms with E-state index in [1.165, 1.54) is 11.1 Å². The largest absolute Gasteiger partial charge is 0.434 e. The number of aryl methyl sites for hydroxylation is 1. The van der Waals surface area contributed by atoms with Gasteiger partial charge in [-0.15, -0.1) is 0 Å². The highest BCUT2D eigenvalue weighted by molar-refractivity contribution is 7.90. The number of morpholine rings is 1. The molecule has 0 spiro atoms. The van der Waals surface area contributed by atoms with Crippen LogP contribution in [0.4, 0.5) is 4.79 Å². The summed E-state index contributed by atoms with van der Waals surface area (Å²) in [6, 6.07) is 18.0. The van der Waals surface area contributed by atoms with Gasteiger partial charge in [0.1, 0.15) is 11.6 Å². The minimum atomic E-state index is -3.93. The van der Waals surface area contributed by atoms with Crippen LogP contribution in [0.1, 0.15) is 28.4 Å². The molecular weight excluding hydrogens is 586 g/mol. The summed E-state index contributed by atoms with van der Waals surface area (Å²) >= 11 is 0. The van der Waals surface area contributed by atoms with E-state index in [9.17, 15) is 22.8 Å². The number of benzene rings is 2. The zero-order chi connectivity index (χ0) is 30.9. The molecule has 2 N–H and O–H groups in total. The number of hydrogen-bond acceptors (Lipinski definition) is 9. The van der Waals surface area contributed by atoms with Crippen molar-refractivity contribution < 1.29 is 32.0 Å². The summed E-state index contributed by atoms with van der Waals surface area (Å²) in [4.78, 5) is 50.4. The van der Waals surface area contributed by atoms with Crippen molar-refractivity contribution in [2.75, 3.05) is 32.1 Å². The molecule has 13 heteroatoms. The summed E-state index contributed by atoms with van der Waals surface area (Å²) < 4.78 is 37.4. The second-order valence-electron chi connectivity index (χ2n) is 10.4. The minimum absolute atomic E-state index is 0.179. The Balaban J connectivity index is 1.38. The Bertz CT molecular complexity index is 1660. The predicted octanol–water partition coefficient (Wildman–Crippen LogP) is 2.55. The normalized spacial score (nSPS) is 15.0. The van der Waals surface area contributed by atoms with Crippen molar-refractivity contribution in [3.63, 3.8) is 0 Å². The van der Waals surface area contributed by atoms with E-state index in [-0.39, 0.29) is 25.4 Å². The lowest BCUT2D eigenvalue weighted by Gasteiger charge is -2.29. The van der Waals surface area contributed by atoms with E-state index in [2.05, 4.69) is 20.6 Å². The lowest BCUT2D eigenvalue weighted by molar-refractivity contribution is -0.123. The molecule has 1 aliphatic rings. The molecule has 4 aromatic rings. The molecule has 2 aromatic carbocycles. The summed E-state index contributed by atoms with van der Waals surface area (Å²) in [5.74, 6) is -2.70. The fourth-order valence-electron chi connectivity index (χ4n) is 4.83. The number of hydrogen-bond donors (Lipinski definition) is 2. The maximum Gasteiger partial charge on any atom is 0.318 e. The van der Waals surface area contributed by atoms with Crippen molar-refractivity contribution in [2.45, 2.75) is 30.7 Å². The monoisotopic (exact) mass is 619 g/mol. The van der Waals surface area contributed by atoms with E-state index in [0.717, 1.165) is 5.56 Å². The first-order valence-electron chi connectivity index (χ1n) is 14.2. The number of carbonyl (C=O) groups excluding carboxylic acids is 3. The van der Waals surface area contributed by atoms with Crippen LogP contribution in [0.5, 0.6) is 0 Å². The van der Waals surface area contributed by atoms with Crippen molar-refractivity contribution in [1.29, 1.82) is 0 Å². The average molecular weight is 620 g/mol. The number of ketones is 1. The van der Waals surface area contributed by atoms with Gasteiger partial charge in [-0.05, 0) is 42.7 Å². The van der Waals surface area contributed by atoms with E-state index in [1.807, 2.05) is 30.3 Å². The highest BCUT2D eigenvalue weighted by Gasteiger charge is 2.33. The molecule has 0 aliphatic carbocycles. The van der Waals surface area contributed by atoms with E-state index < -0.39 is 51.1 Å². The van der Waals surface area contributed by atoms with Crippen LogP contribution in [-0.4, -0.2) is 85.1 Å². The molecule has 3 heterocycles. The molecule has 230 valence electrons. The number of aromatic nitrogens is 2. The van der Waals surface area contributed by atoms with Crippen LogP contribution in [0.25, 0.3) is 11.1 Å². The van der Waals surface area contributed by atoms with Crippen LogP contribution in [-0.2, 0) is 31.5 Å². The fraction of sp³-hybridized carbons (Fsp3) is 0.323. The van der Waals surface area contributed by atoms with E-state index in [0.29, 0.717) is 36.4 Å². The number of Topliss-reactive ketones (excluding diaryl/α,β-unsaturated/α-hetero) is 1. The Morgan fingerprint density at radius 2 is 1.61 bits per heavy atom. The number of para-hydroxylation sites is 2. The third-order valence-corrected chi connectivity index (χ3v) is 8.71. The van der Waals surface area contributed by atoms with Gasteiger partial charge < -0.3 is 24.7 Å². The number of nitrogens with zero attached hydrogens (tertiary/aromatic N) is 3. The Hall–Kier alpha value is -4.62. The number of ether oxygens (including phenoxy) is 1. The molecule has 2 atom stereocenters. The fourth-order valence-corrected chi connectivity index (χ4v) is 6.32. The van der Waals surface area contributed by atoms with Crippen molar-refractivity contribution in [3.05, 3.63) is 96.1 Å². The molecule has 12 nitrogen and oxygen atoms in total. The molecule has 1 aliphatic heterocycles. The number of amides is 3. The van der Waals surface area contributed by atoms with Crippen LogP contribution < -0.4 is 10.6 Å². The summed E-state index contributed by atoms with van der Waals surface area (Å²) in [5, 5.41) is 5.28. The predicted molar refractivity (Wildman–Crippen MR) is 161 cm³/mol. The van der Waals surface area contributed by atoms with E-state index in [1.54, 1.807) is 42.5 Å². The molecule has 1 saturated heterocycles. The van der Waals surface area contributed by atoms with Gasteiger partial charge in [0.2, 0.25) is 11.7 Å². The number of nitrogens with one attached hydrogen (secondary N) is 2. The van der Waals surface area contributed by atoms with Crippen molar-refractivity contribution in [3.8, 4) is 0 Å². The van der Waals surface area contributed by atoms with Crippen molar-refractivity contribution in [1.82, 2.24) is 25.5 Å². The first-order valence-corrected chi connectivity index (χ1v) is 16.1. The zero-order valence-corrected chi connectivity index (χ0v) is 24.7. The number of carbonyl (C=O) groups is 3. The van der Waals surface area contributed by atoms with Gasteiger partial charge in [0.25, 0.3) is 5.89 Å².